The minimum absolute atomic E-state index is 0. The van der Waals surface area contributed by atoms with Crippen molar-refractivity contribution in [3.05, 3.63) is 71.5 Å². The third-order valence-electron chi connectivity index (χ3n) is 3.67. The molecule has 5 nitrogen and oxygen atoms in total. The van der Waals surface area contributed by atoms with Crippen molar-refractivity contribution in [2.24, 2.45) is 4.99 Å². The molecule has 0 unspecified atom stereocenters. The molecule has 0 aromatic heterocycles. The largest absolute Gasteiger partial charge is 0.357 e. The van der Waals surface area contributed by atoms with E-state index in [1.807, 2.05) is 25.1 Å². The van der Waals surface area contributed by atoms with E-state index in [0.29, 0.717) is 31.2 Å². The van der Waals surface area contributed by atoms with E-state index < -0.39 is 0 Å². The molecule has 3 N–H and O–H groups in total. The molecule has 0 atom stereocenters. The maximum atomic E-state index is 12.9. The van der Waals surface area contributed by atoms with Crippen LogP contribution >= 0.6 is 24.0 Å². The summed E-state index contributed by atoms with van der Waals surface area (Å²) in [5.74, 6) is 0.374. The predicted molar refractivity (Wildman–Crippen MR) is 118 cm³/mol. The van der Waals surface area contributed by atoms with Crippen molar-refractivity contribution < 1.29 is 9.18 Å². The van der Waals surface area contributed by atoms with Crippen LogP contribution in [0.5, 0.6) is 0 Å². The highest BCUT2D eigenvalue weighted by atomic mass is 127. The second kappa shape index (κ2) is 13.1. The van der Waals surface area contributed by atoms with E-state index in [-0.39, 0.29) is 35.7 Å². The van der Waals surface area contributed by atoms with Gasteiger partial charge in [-0.15, -0.1) is 24.0 Å². The fraction of sp³-hybridized carbons (Fsp3) is 0.300. The van der Waals surface area contributed by atoms with E-state index in [9.17, 15) is 9.18 Å². The average molecular weight is 484 g/mol. The minimum Gasteiger partial charge on any atom is -0.357 e. The van der Waals surface area contributed by atoms with Gasteiger partial charge in [-0.3, -0.25) is 9.79 Å². The first-order valence-electron chi connectivity index (χ1n) is 8.79. The molecule has 0 saturated carbocycles. The van der Waals surface area contributed by atoms with Crippen molar-refractivity contribution in [1.82, 2.24) is 16.0 Å². The van der Waals surface area contributed by atoms with Crippen molar-refractivity contribution in [1.29, 1.82) is 0 Å². The first-order valence-corrected chi connectivity index (χ1v) is 8.79. The Kier molecular flexibility index (Phi) is 11.1. The minimum atomic E-state index is -0.232. The quantitative estimate of drug-likeness (QED) is 0.234. The van der Waals surface area contributed by atoms with Gasteiger partial charge in [0.05, 0.1) is 0 Å². The summed E-state index contributed by atoms with van der Waals surface area (Å²) in [5.41, 5.74) is 1.69. The lowest BCUT2D eigenvalue weighted by molar-refractivity contribution is 0.0954. The standard InChI is InChI=1S/C20H25FN4O.HI/c1-2-22-20(24-13-12-16-8-10-18(21)11-9-16)25-15-14-23-19(26)17-6-4-3-5-7-17;/h3-11H,2,12-15H2,1H3,(H,23,26)(H2,22,24,25);1H. The Morgan fingerprint density at radius 1 is 0.963 bits per heavy atom. The zero-order valence-electron chi connectivity index (χ0n) is 15.4. The van der Waals surface area contributed by atoms with Crippen molar-refractivity contribution in [2.75, 3.05) is 26.2 Å². The van der Waals surface area contributed by atoms with Crippen LogP contribution in [0.3, 0.4) is 0 Å². The van der Waals surface area contributed by atoms with Gasteiger partial charge >= 0.3 is 0 Å². The van der Waals surface area contributed by atoms with Crippen molar-refractivity contribution in [3.8, 4) is 0 Å². The van der Waals surface area contributed by atoms with E-state index in [1.165, 1.54) is 12.1 Å². The van der Waals surface area contributed by atoms with Crippen LogP contribution in [0.15, 0.2) is 59.6 Å². The molecular formula is C20H26FIN4O. The van der Waals surface area contributed by atoms with E-state index in [0.717, 1.165) is 18.5 Å². The monoisotopic (exact) mass is 484 g/mol. The maximum Gasteiger partial charge on any atom is 0.251 e. The van der Waals surface area contributed by atoms with Gasteiger partial charge in [0.1, 0.15) is 5.82 Å². The summed E-state index contributed by atoms with van der Waals surface area (Å²) in [4.78, 5) is 16.5. The number of halogens is 2. The van der Waals surface area contributed by atoms with Gasteiger partial charge in [-0.05, 0) is 43.2 Å². The van der Waals surface area contributed by atoms with Crippen molar-refractivity contribution in [3.63, 3.8) is 0 Å². The Morgan fingerprint density at radius 2 is 1.63 bits per heavy atom. The molecule has 27 heavy (non-hydrogen) atoms. The van der Waals surface area contributed by atoms with Crippen LogP contribution in [0.25, 0.3) is 0 Å². The topological polar surface area (TPSA) is 65.5 Å². The Bertz CT molecular complexity index is 708. The lowest BCUT2D eigenvalue weighted by Crippen LogP contribution is -2.41. The Balaban J connectivity index is 0.00000364. The fourth-order valence-corrected chi connectivity index (χ4v) is 2.34. The lowest BCUT2D eigenvalue weighted by Gasteiger charge is -2.12. The highest BCUT2D eigenvalue weighted by Gasteiger charge is 2.03. The number of aliphatic imine (C=N–C) groups is 1. The molecule has 0 heterocycles. The zero-order chi connectivity index (χ0) is 18.6. The lowest BCUT2D eigenvalue weighted by atomic mass is 10.1. The summed E-state index contributed by atoms with van der Waals surface area (Å²) in [6.07, 6.45) is 0.738. The Labute approximate surface area is 176 Å². The molecule has 0 radical (unpaired) electrons. The molecule has 1 amide bonds. The van der Waals surface area contributed by atoms with Crippen LogP contribution in [-0.4, -0.2) is 38.0 Å². The summed E-state index contributed by atoms with van der Waals surface area (Å²) in [7, 11) is 0. The first-order chi connectivity index (χ1) is 12.7. The molecule has 0 saturated heterocycles. The average Bonchev–Trinajstić information content (AvgIpc) is 2.67. The van der Waals surface area contributed by atoms with E-state index in [4.69, 9.17) is 0 Å². The normalized spacial score (nSPS) is 10.7. The summed E-state index contributed by atoms with van der Waals surface area (Å²) in [6.45, 7) is 4.40. The SMILES string of the molecule is CCNC(=NCCc1ccc(F)cc1)NCCNC(=O)c1ccccc1.I. The molecule has 0 aliphatic rings. The molecule has 0 fully saturated rings. The van der Waals surface area contributed by atoms with Gasteiger partial charge in [0, 0.05) is 31.7 Å². The molecule has 0 spiro atoms. The highest BCUT2D eigenvalue weighted by Crippen LogP contribution is 2.03. The van der Waals surface area contributed by atoms with Gasteiger partial charge in [0.2, 0.25) is 0 Å². The predicted octanol–water partition coefficient (Wildman–Crippen LogP) is 2.97. The smallest absolute Gasteiger partial charge is 0.251 e. The summed E-state index contributed by atoms with van der Waals surface area (Å²) < 4.78 is 12.9. The van der Waals surface area contributed by atoms with Crippen molar-refractivity contribution in [2.45, 2.75) is 13.3 Å². The number of hydrogen-bond acceptors (Lipinski definition) is 2. The van der Waals surface area contributed by atoms with Crippen LogP contribution in [0.4, 0.5) is 4.39 Å². The summed E-state index contributed by atoms with van der Waals surface area (Å²) >= 11 is 0. The molecule has 2 aromatic rings. The van der Waals surface area contributed by atoms with E-state index >= 15 is 0 Å². The van der Waals surface area contributed by atoms with Crippen LogP contribution < -0.4 is 16.0 Å². The molecule has 146 valence electrons. The number of rotatable bonds is 8. The fourth-order valence-electron chi connectivity index (χ4n) is 2.34. The number of nitrogens with zero attached hydrogens (tertiary/aromatic N) is 1. The summed E-state index contributed by atoms with van der Waals surface area (Å²) in [6, 6.07) is 15.6. The van der Waals surface area contributed by atoms with E-state index in [1.54, 1.807) is 24.3 Å². The number of amides is 1. The van der Waals surface area contributed by atoms with Gasteiger partial charge in [-0.2, -0.15) is 0 Å². The number of hydrogen-bond donors (Lipinski definition) is 3. The van der Waals surface area contributed by atoms with Crippen LogP contribution in [0.2, 0.25) is 0 Å². The summed E-state index contributed by atoms with van der Waals surface area (Å²) in [5, 5.41) is 9.21. The van der Waals surface area contributed by atoms with Gasteiger partial charge in [0.25, 0.3) is 5.91 Å². The Morgan fingerprint density at radius 3 is 2.30 bits per heavy atom. The maximum absolute atomic E-state index is 12.9. The van der Waals surface area contributed by atoms with Crippen LogP contribution in [-0.2, 0) is 6.42 Å². The molecule has 0 aliphatic heterocycles. The van der Waals surface area contributed by atoms with Gasteiger partial charge in [0.15, 0.2) is 5.96 Å². The Hall–Kier alpha value is -2.16. The second-order valence-corrected chi connectivity index (χ2v) is 5.69. The number of benzene rings is 2. The van der Waals surface area contributed by atoms with Gasteiger partial charge in [-0.1, -0.05) is 30.3 Å². The number of carbonyl (C=O) groups is 1. The van der Waals surface area contributed by atoms with Crippen LogP contribution in [0, 0.1) is 5.82 Å². The third-order valence-corrected chi connectivity index (χ3v) is 3.67. The molecule has 2 rings (SSSR count). The highest BCUT2D eigenvalue weighted by molar-refractivity contribution is 14.0. The molecule has 0 bridgehead atoms. The number of carbonyl (C=O) groups excluding carboxylic acids is 1. The van der Waals surface area contributed by atoms with Crippen molar-refractivity contribution >= 4 is 35.8 Å². The molecular weight excluding hydrogens is 458 g/mol. The van der Waals surface area contributed by atoms with E-state index in [2.05, 4.69) is 20.9 Å². The van der Waals surface area contributed by atoms with Gasteiger partial charge < -0.3 is 16.0 Å². The molecule has 7 heteroatoms. The zero-order valence-corrected chi connectivity index (χ0v) is 17.7. The number of guanidine groups is 1. The molecule has 2 aromatic carbocycles. The molecule has 0 aliphatic carbocycles. The number of nitrogens with one attached hydrogen (secondary N) is 3. The first kappa shape index (κ1) is 22.9. The van der Waals surface area contributed by atoms with Gasteiger partial charge in [-0.25, -0.2) is 4.39 Å². The third kappa shape index (κ3) is 8.85. The van der Waals surface area contributed by atoms with Crippen LogP contribution in [0.1, 0.15) is 22.8 Å². The second-order valence-electron chi connectivity index (χ2n) is 5.69.